The van der Waals surface area contributed by atoms with Crippen molar-refractivity contribution < 1.29 is 0 Å². The summed E-state index contributed by atoms with van der Waals surface area (Å²) in [6.45, 7) is 6.75. The first kappa shape index (κ1) is 12.2. The maximum Gasteiger partial charge on any atom is 0.147 e. The van der Waals surface area contributed by atoms with Crippen LogP contribution in [-0.4, -0.2) is 21.9 Å². The number of rotatable bonds is 5. The van der Waals surface area contributed by atoms with Crippen LogP contribution < -0.4 is 5.32 Å². The van der Waals surface area contributed by atoms with Gasteiger partial charge in [0.25, 0.3) is 0 Å². The maximum atomic E-state index is 6.11. The summed E-state index contributed by atoms with van der Waals surface area (Å²) in [4.78, 5) is 8.61. The van der Waals surface area contributed by atoms with E-state index in [2.05, 4.69) is 22.2 Å². The quantitative estimate of drug-likeness (QED) is 0.786. The summed E-state index contributed by atoms with van der Waals surface area (Å²) in [7, 11) is 0. The van der Waals surface area contributed by atoms with Crippen LogP contribution >= 0.6 is 11.6 Å². The molecule has 0 aliphatic rings. The van der Waals surface area contributed by atoms with Crippen molar-refractivity contribution in [2.24, 2.45) is 0 Å². The number of alkyl halides is 1. The molecule has 1 N–H and O–H groups in total. The predicted molar refractivity (Wildman–Crippen MR) is 64.5 cm³/mol. The van der Waals surface area contributed by atoms with Gasteiger partial charge in [-0.2, -0.15) is 0 Å². The van der Waals surface area contributed by atoms with E-state index in [9.17, 15) is 0 Å². The van der Waals surface area contributed by atoms with E-state index in [-0.39, 0.29) is 5.38 Å². The van der Waals surface area contributed by atoms with Crippen molar-refractivity contribution in [3.8, 4) is 0 Å². The average molecular weight is 228 g/mol. The van der Waals surface area contributed by atoms with E-state index in [0.717, 1.165) is 36.6 Å². The predicted octanol–water partition coefficient (Wildman–Crippen LogP) is 2.91. The Morgan fingerprint density at radius 2 is 2.20 bits per heavy atom. The van der Waals surface area contributed by atoms with Crippen molar-refractivity contribution in [2.45, 2.75) is 39.0 Å². The van der Waals surface area contributed by atoms with Crippen LogP contribution in [0.5, 0.6) is 0 Å². The van der Waals surface area contributed by atoms with Crippen molar-refractivity contribution in [1.29, 1.82) is 0 Å². The molecule has 0 amide bonds. The Morgan fingerprint density at radius 3 is 2.87 bits per heavy atom. The molecule has 1 heterocycles. The molecule has 84 valence electrons. The molecule has 0 radical (unpaired) electrons. The fourth-order valence-electron chi connectivity index (χ4n) is 1.33. The molecule has 4 heteroatoms. The highest BCUT2D eigenvalue weighted by Crippen LogP contribution is 2.11. The highest BCUT2D eigenvalue weighted by atomic mass is 35.5. The van der Waals surface area contributed by atoms with Crippen LogP contribution in [0.15, 0.2) is 6.20 Å². The summed E-state index contributed by atoms with van der Waals surface area (Å²) in [5.41, 5.74) is 1.84. The SMILES string of the molecule is CCCC(Cl)CNc1nc(C)cnc1C. The van der Waals surface area contributed by atoms with Gasteiger partial charge in [0.05, 0.1) is 16.8 Å². The lowest BCUT2D eigenvalue weighted by atomic mass is 10.2. The molecular weight excluding hydrogens is 210 g/mol. The molecule has 1 rings (SSSR count). The summed E-state index contributed by atoms with van der Waals surface area (Å²) in [6.07, 6.45) is 3.89. The Bertz CT molecular complexity index is 315. The molecule has 0 aliphatic heterocycles. The lowest BCUT2D eigenvalue weighted by Gasteiger charge is -2.11. The van der Waals surface area contributed by atoms with Gasteiger partial charge < -0.3 is 5.32 Å². The standard InChI is InChI=1S/C11H18ClN3/c1-4-5-10(12)7-14-11-9(3)13-6-8(2)15-11/h6,10H,4-5,7H2,1-3H3,(H,14,15). The summed E-state index contributed by atoms with van der Waals surface area (Å²) >= 11 is 6.11. The van der Waals surface area contributed by atoms with Crippen molar-refractivity contribution in [1.82, 2.24) is 9.97 Å². The second kappa shape index (κ2) is 5.91. The minimum Gasteiger partial charge on any atom is -0.367 e. The fraction of sp³-hybridized carbons (Fsp3) is 0.636. The normalized spacial score (nSPS) is 12.5. The monoisotopic (exact) mass is 227 g/mol. The number of nitrogens with one attached hydrogen (secondary N) is 1. The topological polar surface area (TPSA) is 37.8 Å². The van der Waals surface area contributed by atoms with E-state index in [4.69, 9.17) is 11.6 Å². The van der Waals surface area contributed by atoms with Crippen LogP contribution in [0.25, 0.3) is 0 Å². The average Bonchev–Trinajstić information content (AvgIpc) is 2.20. The second-order valence-electron chi connectivity index (χ2n) is 3.71. The van der Waals surface area contributed by atoms with Gasteiger partial charge in [-0.1, -0.05) is 13.3 Å². The van der Waals surface area contributed by atoms with Gasteiger partial charge in [-0.05, 0) is 20.3 Å². The van der Waals surface area contributed by atoms with Crippen LogP contribution in [0.4, 0.5) is 5.82 Å². The van der Waals surface area contributed by atoms with Crippen molar-refractivity contribution >= 4 is 17.4 Å². The van der Waals surface area contributed by atoms with Gasteiger partial charge >= 0.3 is 0 Å². The fourth-order valence-corrected chi connectivity index (χ4v) is 1.62. The first-order chi connectivity index (χ1) is 7.13. The molecule has 1 aromatic heterocycles. The number of nitrogens with zero attached hydrogens (tertiary/aromatic N) is 2. The first-order valence-electron chi connectivity index (χ1n) is 5.31. The minimum atomic E-state index is 0.164. The van der Waals surface area contributed by atoms with E-state index in [1.54, 1.807) is 6.20 Å². The van der Waals surface area contributed by atoms with Crippen LogP contribution in [-0.2, 0) is 0 Å². The van der Waals surface area contributed by atoms with Crippen LogP contribution in [0, 0.1) is 13.8 Å². The van der Waals surface area contributed by atoms with Crippen LogP contribution in [0.2, 0.25) is 0 Å². The lowest BCUT2D eigenvalue weighted by Crippen LogP contribution is -2.16. The van der Waals surface area contributed by atoms with Gasteiger partial charge in [-0.15, -0.1) is 11.6 Å². The molecule has 0 saturated heterocycles. The van der Waals surface area contributed by atoms with Crippen molar-refractivity contribution in [3.05, 3.63) is 17.6 Å². The highest BCUT2D eigenvalue weighted by Gasteiger charge is 2.05. The van der Waals surface area contributed by atoms with E-state index >= 15 is 0 Å². The zero-order chi connectivity index (χ0) is 11.3. The third kappa shape index (κ3) is 4.04. The lowest BCUT2D eigenvalue weighted by molar-refractivity contribution is 0.749. The maximum absolute atomic E-state index is 6.11. The molecule has 0 saturated carbocycles. The molecular formula is C11H18ClN3. The molecule has 15 heavy (non-hydrogen) atoms. The number of hydrogen-bond acceptors (Lipinski definition) is 3. The van der Waals surface area contributed by atoms with Crippen molar-refractivity contribution in [3.63, 3.8) is 0 Å². The molecule has 3 nitrogen and oxygen atoms in total. The smallest absolute Gasteiger partial charge is 0.147 e. The van der Waals surface area contributed by atoms with Gasteiger partial charge in [0.1, 0.15) is 5.82 Å². The van der Waals surface area contributed by atoms with E-state index in [1.807, 2.05) is 13.8 Å². The molecule has 1 aromatic rings. The van der Waals surface area contributed by atoms with E-state index < -0.39 is 0 Å². The van der Waals surface area contributed by atoms with Crippen LogP contribution in [0.1, 0.15) is 31.2 Å². The van der Waals surface area contributed by atoms with Crippen molar-refractivity contribution in [2.75, 3.05) is 11.9 Å². The zero-order valence-corrected chi connectivity index (χ0v) is 10.3. The van der Waals surface area contributed by atoms with Gasteiger partial charge in [-0.25, -0.2) is 4.98 Å². The van der Waals surface area contributed by atoms with E-state index in [1.165, 1.54) is 0 Å². The summed E-state index contributed by atoms with van der Waals surface area (Å²) < 4.78 is 0. The van der Waals surface area contributed by atoms with E-state index in [0.29, 0.717) is 0 Å². The second-order valence-corrected chi connectivity index (χ2v) is 4.33. The third-order valence-corrected chi connectivity index (χ3v) is 2.54. The Hall–Kier alpha value is -0.830. The Balaban J connectivity index is 2.53. The number of aromatic nitrogens is 2. The summed E-state index contributed by atoms with van der Waals surface area (Å²) in [5, 5.41) is 3.40. The number of aryl methyl sites for hydroxylation is 2. The Morgan fingerprint density at radius 1 is 1.47 bits per heavy atom. The summed E-state index contributed by atoms with van der Waals surface area (Å²) in [6, 6.07) is 0. The molecule has 0 bridgehead atoms. The third-order valence-electron chi connectivity index (χ3n) is 2.17. The van der Waals surface area contributed by atoms with Gasteiger partial charge in [0, 0.05) is 12.7 Å². The molecule has 1 atom stereocenters. The molecule has 0 aromatic carbocycles. The molecule has 1 unspecified atom stereocenters. The zero-order valence-electron chi connectivity index (χ0n) is 9.55. The molecule has 0 fully saturated rings. The number of anilines is 1. The number of hydrogen-bond donors (Lipinski definition) is 1. The molecule has 0 spiro atoms. The molecule has 0 aliphatic carbocycles. The van der Waals surface area contributed by atoms with Gasteiger partial charge in [0.15, 0.2) is 0 Å². The number of halogens is 1. The van der Waals surface area contributed by atoms with Gasteiger partial charge in [0.2, 0.25) is 0 Å². The summed E-state index contributed by atoms with van der Waals surface area (Å²) in [5.74, 6) is 0.844. The Labute approximate surface area is 96.3 Å². The largest absolute Gasteiger partial charge is 0.367 e. The highest BCUT2D eigenvalue weighted by molar-refractivity contribution is 6.20. The Kier molecular flexibility index (Phi) is 4.82. The first-order valence-corrected chi connectivity index (χ1v) is 5.75. The van der Waals surface area contributed by atoms with Crippen LogP contribution in [0.3, 0.4) is 0 Å². The van der Waals surface area contributed by atoms with Gasteiger partial charge in [-0.3, -0.25) is 4.98 Å². The minimum absolute atomic E-state index is 0.164.